The summed E-state index contributed by atoms with van der Waals surface area (Å²) >= 11 is 13.5. The van der Waals surface area contributed by atoms with Gasteiger partial charge in [0.2, 0.25) is 0 Å². The second-order valence-electron chi connectivity index (χ2n) is 7.71. The molecule has 0 unspecified atom stereocenters. The third-order valence-corrected chi connectivity index (χ3v) is 6.73. The molecule has 2 aromatic heterocycles. The van der Waals surface area contributed by atoms with Crippen molar-refractivity contribution in [1.29, 1.82) is 0 Å². The summed E-state index contributed by atoms with van der Waals surface area (Å²) in [6.45, 7) is 0.345. The SMILES string of the molecule is O=C(Nc1ccc(C[C@H](Nc2c(NCc3cccs3)c(=O)c2=O)C(=O)O)cc1)c1c(Cl)cncc1Cl. The first-order valence-corrected chi connectivity index (χ1v) is 12.2. The van der Waals surface area contributed by atoms with Gasteiger partial charge in [-0.05, 0) is 29.1 Å². The molecule has 4 rings (SSSR count). The fourth-order valence-electron chi connectivity index (χ4n) is 3.44. The van der Waals surface area contributed by atoms with E-state index in [1.54, 1.807) is 24.3 Å². The molecular formula is C24H18Cl2N4O5S. The Labute approximate surface area is 218 Å². The van der Waals surface area contributed by atoms with E-state index < -0.39 is 28.8 Å². The van der Waals surface area contributed by atoms with Gasteiger partial charge in [-0.15, -0.1) is 11.3 Å². The molecule has 0 fully saturated rings. The third-order valence-electron chi connectivity index (χ3n) is 5.28. The van der Waals surface area contributed by atoms with Gasteiger partial charge in [-0.1, -0.05) is 41.4 Å². The van der Waals surface area contributed by atoms with Gasteiger partial charge >= 0.3 is 5.97 Å². The number of carbonyl (C=O) groups is 2. The van der Waals surface area contributed by atoms with Crippen LogP contribution >= 0.6 is 34.5 Å². The van der Waals surface area contributed by atoms with Gasteiger partial charge in [0.25, 0.3) is 16.8 Å². The van der Waals surface area contributed by atoms with Crippen molar-refractivity contribution in [1.82, 2.24) is 4.98 Å². The number of carboxylic acids is 1. The largest absolute Gasteiger partial charge is 0.480 e. The number of thiophene rings is 1. The molecule has 0 bridgehead atoms. The number of hydrogen-bond acceptors (Lipinski definition) is 8. The normalized spacial score (nSPS) is 11.7. The molecule has 0 saturated carbocycles. The molecule has 1 atom stereocenters. The molecule has 184 valence electrons. The van der Waals surface area contributed by atoms with Crippen molar-refractivity contribution in [3.8, 4) is 0 Å². The van der Waals surface area contributed by atoms with Crippen molar-refractivity contribution in [3.05, 3.63) is 101 Å². The summed E-state index contributed by atoms with van der Waals surface area (Å²) in [5, 5.41) is 20.1. The monoisotopic (exact) mass is 544 g/mol. The summed E-state index contributed by atoms with van der Waals surface area (Å²) in [4.78, 5) is 53.3. The van der Waals surface area contributed by atoms with Gasteiger partial charge in [0.15, 0.2) is 0 Å². The van der Waals surface area contributed by atoms with Crippen LogP contribution in [0.2, 0.25) is 10.0 Å². The number of nitrogens with one attached hydrogen (secondary N) is 3. The molecule has 0 aliphatic heterocycles. The Morgan fingerprint density at radius 3 is 2.28 bits per heavy atom. The maximum Gasteiger partial charge on any atom is 0.326 e. The summed E-state index contributed by atoms with van der Waals surface area (Å²) in [5.41, 5.74) is -0.266. The number of aromatic nitrogens is 1. The number of nitrogens with zero attached hydrogens (tertiary/aromatic N) is 1. The molecule has 36 heavy (non-hydrogen) atoms. The highest BCUT2D eigenvalue weighted by molar-refractivity contribution is 7.09. The van der Waals surface area contributed by atoms with Crippen molar-refractivity contribution in [2.75, 3.05) is 16.0 Å². The van der Waals surface area contributed by atoms with Crippen molar-refractivity contribution in [3.63, 3.8) is 0 Å². The van der Waals surface area contributed by atoms with Crippen LogP contribution in [0.4, 0.5) is 17.1 Å². The Morgan fingerprint density at radius 2 is 1.67 bits per heavy atom. The molecule has 2 heterocycles. The van der Waals surface area contributed by atoms with Gasteiger partial charge in [-0.3, -0.25) is 19.4 Å². The fraction of sp³-hybridized carbons (Fsp3) is 0.125. The molecule has 2 aromatic carbocycles. The Bertz CT molecular complexity index is 1460. The zero-order valence-electron chi connectivity index (χ0n) is 18.4. The molecule has 0 aliphatic rings. The Hall–Kier alpha value is -3.73. The van der Waals surface area contributed by atoms with Gasteiger partial charge < -0.3 is 21.1 Å². The van der Waals surface area contributed by atoms with Gasteiger partial charge in [-0.2, -0.15) is 0 Å². The minimum Gasteiger partial charge on any atom is -0.480 e. The maximum absolute atomic E-state index is 12.5. The number of carbonyl (C=O) groups excluding carboxylic acids is 1. The van der Waals surface area contributed by atoms with E-state index in [9.17, 15) is 24.3 Å². The number of rotatable bonds is 10. The minimum absolute atomic E-state index is 0.0226. The van der Waals surface area contributed by atoms with E-state index in [1.165, 1.54) is 23.7 Å². The van der Waals surface area contributed by atoms with E-state index >= 15 is 0 Å². The summed E-state index contributed by atoms with van der Waals surface area (Å²) in [5.74, 6) is -1.71. The van der Waals surface area contributed by atoms with Gasteiger partial charge in [0.05, 0.1) is 15.6 Å². The topological polar surface area (TPSA) is 137 Å². The zero-order valence-corrected chi connectivity index (χ0v) is 20.7. The van der Waals surface area contributed by atoms with E-state index in [2.05, 4.69) is 20.9 Å². The zero-order chi connectivity index (χ0) is 25.8. The van der Waals surface area contributed by atoms with Crippen LogP contribution in [0.25, 0.3) is 0 Å². The molecule has 4 N–H and O–H groups in total. The summed E-state index contributed by atoms with van der Waals surface area (Å²) in [6.07, 6.45) is 2.64. The third kappa shape index (κ3) is 5.56. The number of anilines is 3. The predicted molar refractivity (Wildman–Crippen MR) is 140 cm³/mol. The molecule has 0 saturated heterocycles. The first kappa shape index (κ1) is 25.4. The Kier molecular flexibility index (Phi) is 7.68. The summed E-state index contributed by atoms with van der Waals surface area (Å²) in [7, 11) is 0. The summed E-state index contributed by atoms with van der Waals surface area (Å²) in [6, 6.07) is 9.06. The number of benzene rings is 1. The smallest absolute Gasteiger partial charge is 0.326 e. The van der Waals surface area contributed by atoms with Gasteiger partial charge in [-0.25, -0.2) is 4.79 Å². The van der Waals surface area contributed by atoms with Crippen LogP contribution in [-0.4, -0.2) is 28.0 Å². The number of pyridine rings is 1. The number of carboxylic acid groups (broad SMARTS) is 1. The quantitative estimate of drug-likeness (QED) is 0.219. The number of hydrogen-bond donors (Lipinski definition) is 4. The number of aliphatic carboxylic acids is 1. The van der Waals surface area contributed by atoms with Crippen molar-refractivity contribution < 1.29 is 14.7 Å². The maximum atomic E-state index is 12.5. The minimum atomic E-state index is -1.19. The van der Waals surface area contributed by atoms with Crippen LogP contribution < -0.4 is 26.8 Å². The molecule has 12 heteroatoms. The van der Waals surface area contributed by atoms with E-state index in [-0.39, 0.29) is 33.4 Å². The second-order valence-corrected chi connectivity index (χ2v) is 9.56. The lowest BCUT2D eigenvalue weighted by Crippen LogP contribution is -2.42. The van der Waals surface area contributed by atoms with E-state index in [0.717, 1.165) is 4.88 Å². The number of amides is 1. The standard InChI is InChI=1S/C24H18Cl2N4O5S/c25-15-10-27-11-16(26)18(15)23(33)29-13-5-3-12(4-6-13)8-17(24(34)35)30-20-19(21(31)22(20)32)28-9-14-2-1-7-36-14/h1-7,10-11,17,28,30H,8-9H2,(H,29,33)(H,34,35)/t17-/m0/s1. The Balaban J connectivity index is 1.42. The highest BCUT2D eigenvalue weighted by Crippen LogP contribution is 2.24. The molecule has 4 aromatic rings. The lowest BCUT2D eigenvalue weighted by Gasteiger charge is -2.20. The first-order valence-electron chi connectivity index (χ1n) is 10.5. The highest BCUT2D eigenvalue weighted by Gasteiger charge is 2.26. The molecule has 0 aliphatic carbocycles. The Morgan fingerprint density at radius 1 is 1.00 bits per heavy atom. The van der Waals surface area contributed by atoms with E-state index in [0.29, 0.717) is 17.8 Å². The van der Waals surface area contributed by atoms with Crippen LogP contribution in [0.15, 0.2) is 63.8 Å². The lowest BCUT2D eigenvalue weighted by molar-refractivity contribution is -0.137. The van der Waals surface area contributed by atoms with E-state index in [4.69, 9.17) is 23.2 Å². The van der Waals surface area contributed by atoms with Crippen molar-refractivity contribution >= 4 is 63.5 Å². The fourth-order valence-corrected chi connectivity index (χ4v) is 4.62. The van der Waals surface area contributed by atoms with Crippen molar-refractivity contribution in [2.24, 2.45) is 0 Å². The average molecular weight is 545 g/mol. The van der Waals surface area contributed by atoms with Crippen LogP contribution in [0.3, 0.4) is 0 Å². The molecule has 0 spiro atoms. The lowest BCUT2D eigenvalue weighted by atomic mass is 10.0. The summed E-state index contributed by atoms with van der Waals surface area (Å²) < 4.78 is 0. The van der Waals surface area contributed by atoms with E-state index in [1.807, 2.05) is 17.5 Å². The molecule has 0 radical (unpaired) electrons. The van der Waals surface area contributed by atoms with Crippen LogP contribution in [0.5, 0.6) is 0 Å². The van der Waals surface area contributed by atoms with Gasteiger partial charge in [0, 0.05) is 35.9 Å². The predicted octanol–water partition coefficient (Wildman–Crippen LogP) is 4.02. The first-order chi connectivity index (χ1) is 17.2. The van der Waals surface area contributed by atoms with Crippen LogP contribution in [-0.2, 0) is 17.8 Å². The van der Waals surface area contributed by atoms with Crippen LogP contribution in [0.1, 0.15) is 20.8 Å². The second kappa shape index (κ2) is 10.9. The van der Waals surface area contributed by atoms with Crippen LogP contribution in [0, 0.1) is 0 Å². The average Bonchev–Trinajstić information content (AvgIpc) is 3.37. The molecule has 9 nitrogen and oxygen atoms in total. The molecular weight excluding hydrogens is 527 g/mol. The van der Waals surface area contributed by atoms with Crippen molar-refractivity contribution in [2.45, 2.75) is 19.0 Å². The molecule has 1 amide bonds. The van der Waals surface area contributed by atoms with Gasteiger partial charge in [0.1, 0.15) is 17.4 Å². The highest BCUT2D eigenvalue weighted by atomic mass is 35.5. The number of halogens is 2.